The molecule has 2 aromatic heterocycles. The minimum absolute atomic E-state index is 0.0729. The molecule has 0 radical (unpaired) electrons. The lowest BCUT2D eigenvalue weighted by Gasteiger charge is -2.32. The van der Waals surface area contributed by atoms with Gasteiger partial charge in [0.05, 0.1) is 25.3 Å². The predicted molar refractivity (Wildman–Crippen MR) is 110 cm³/mol. The normalized spacial score (nSPS) is 29.4. The molecule has 12 heteroatoms. The second-order valence-corrected chi connectivity index (χ2v) is 8.89. The molecule has 168 valence electrons. The van der Waals surface area contributed by atoms with Gasteiger partial charge in [0, 0.05) is 25.0 Å². The molecule has 32 heavy (non-hydrogen) atoms. The molecule has 6 heterocycles. The van der Waals surface area contributed by atoms with Crippen molar-refractivity contribution in [3.8, 4) is 0 Å². The molecule has 5 aliphatic rings. The molecule has 2 bridgehead atoms. The van der Waals surface area contributed by atoms with Gasteiger partial charge in [-0.3, -0.25) is 9.98 Å². The zero-order valence-electron chi connectivity index (χ0n) is 17.4. The number of H-pyrrole nitrogens is 1. The summed E-state index contributed by atoms with van der Waals surface area (Å²) in [6.45, 7) is 2.32. The third-order valence-electron chi connectivity index (χ3n) is 6.83. The highest BCUT2D eigenvalue weighted by Gasteiger charge is 2.61. The molecule has 0 spiro atoms. The summed E-state index contributed by atoms with van der Waals surface area (Å²) < 4.78 is 48.8. The van der Waals surface area contributed by atoms with Gasteiger partial charge in [-0.25, -0.2) is 9.56 Å². The first-order valence-electron chi connectivity index (χ1n) is 10.6. The van der Waals surface area contributed by atoms with Gasteiger partial charge in [0.25, 0.3) is 0 Å². The van der Waals surface area contributed by atoms with Crippen molar-refractivity contribution in [2.45, 2.75) is 44.1 Å². The molecule has 1 unspecified atom stereocenters. The van der Waals surface area contributed by atoms with Crippen LogP contribution in [-0.2, 0) is 16.9 Å². The molecule has 9 nitrogen and oxygen atoms in total. The second kappa shape index (κ2) is 6.50. The van der Waals surface area contributed by atoms with Crippen LogP contribution in [0.2, 0.25) is 0 Å². The van der Waals surface area contributed by atoms with E-state index in [2.05, 4.69) is 24.9 Å². The zero-order valence-corrected chi connectivity index (χ0v) is 17.4. The van der Waals surface area contributed by atoms with Crippen LogP contribution in [0.25, 0.3) is 16.7 Å². The van der Waals surface area contributed by atoms with E-state index in [1.54, 1.807) is 17.0 Å². The molecule has 2 saturated heterocycles. The molecule has 7 rings (SSSR count). The average molecular weight is 447 g/mol. The van der Waals surface area contributed by atoms with E-state index in [0.29, 0.717) is 46.2 Å². The molecular formula is C20H22F3N8O+. The third kappa shape index (κ3) is 2.71. The highest BCUT2D eigenvalue weighted by Crippen LogP contribution is 2.46. The van der Waals surface area contributed by atoms with Crippen LogP contribution in [0.5, 0.6) is 0 Å². The highest BCUT2D eigenvalue weighted by atomic mass is 19.4. The van der Waals surface area contributed by atoms with Crippen molar-refractivity contribution in [1.29, 1.82) is 0 Å². The van der Waals surface area contributed by atoms with Crippen LogP contribution in [0.3, 0.4) is 0 Å². The lowest BCUT2D eigenvalue weighted by molar-refractivity contribution is -0.707. The summed E-state index contributed by atoms with van der Waals surface area (Å²) in [5.74, 6) is 1.85. The number of imidazole rings is 1. The standard InChI is InChI=1S/C20H21F3N8O/c1-19(20(21,22)23)18-27-14-16(30(18)2-3-32-19)28-15(11-6-25-8-13(24)26-7-11)29-17(14)31-9-10-4-12(31)5-10/h6-7,10,12H,2-5,8-9H2,1H3,(H2,24,25,26,28,29)/p+1. The molecule has 0 amide bonds. The first-order valence-corrected chi connectivity index (χ1v) is 10.6. The van der Waals surface area contributed by atoms with Crippen molar-refractivity contribution >= 4 is 34.6 Å². The highest BCUT2D eigenvalue weighted by molar-refractivity contribution is 6.10. The Bertz CT molecular complexity index is 1210. The molecule has 0 aromatic carbocycles. The number of hydrogen-bond donors (Lipinski definition) is 2. The van der Waals surface area contributed by atoms with Gasteiger partial charge in [-0.05, 0) is 25.7 Å². The Morgan fingerprint density at radius 3 is 2.84 bits per heavy atom. The van der Waals surface area contributed by atoms with Crippen LogP contribution in [0.1, 0.15) is 31.4 Å². The lowest BCUT2D eigenvalue weighted by atomic mass is 9.86. The number of amidine groups is 1. The number of fused-ring (bicyclic) bond motifs is 4. The smallest absolute Gasteiger partial charge is 0.386 e. The Morgan fingerprint density at radius 2 is 2.12 bits per heavy atom. The van der Waals surface area contributed by atoms with Crippen LogP contribution in [0.15, 0.2) is 16.2 Å². The number of nitrogens with two attached hydrogens (primary N) is 1. The first-order chi connectivity index (χ1) is 15.2. The maximum Gasteiger partial charge on any atom is 0.427 e. The molecule has 3 N–H and O–H groups in total. The van der Waals surface area contributed by atoms with Gasteiger partial charge in [0.15, 0.2) is 5.82 Å². The van der Waals surface area contributed by atoms with Crippen molar-refractivity contribution in [2.75, 3.05) is 24.6 Å². The van der Waals surface area contributed by atoms with Crippen molar-refractivity contribution in [3.05, 3.63) is 17.8 Å². The van der Waals surface area contributed by atoms with E-state index in [-0.39, 0.29) is 25.5 Å². The van der Waals surface area contributed by atoms with E-state index in [9.17, 15) is 13.2 Å². The van der Waals surface area contributed by atoms with E-state index in [0.717, 1.165) is 26.3 Å². The number of aromatic amines is 1. The van der Waals surface area contributed by atoms with Crippen molar-refractivity contribution in [3.63, 3.8) is 0 Å². The van der Waals surface area contributed by atoms with Gasteiger partial charge < -0.3 is 15.4 Å². The van der Waals surface area contributed by atoms with Crippen LogP contribution in [0, 0.1) is 5.92 Å². The summed E-state index contributed by atoms with van der Waals surface area (Å²) in [5, 5.41) is 0. The molecule has 1 saturated carbocycles. The summed E-state index contributed by atoms with van der Waals surface area (Å²) in [6, 6.07) is 0.340. The van der Waals surface area contributed by atoms with Gasteiger partial charge in [-0.1, -0.05) is 4.98 Å². The van der Waals surface area contributed by atoms with Gasteiger partial charge in [-0.2, -0.15) is 18.2 Å². The number of rotatable bonds is 2. The molecule has 2 aromatic rings. The van der Waals surface area contributed by atoms with Crippen LogP contribution < -0.4 is 15.2 Å². The number of alkyl halides is 3. The largest absolute Gasteiger partial charge is 0.427 e. The minimum Gasteiger partial charge on any atom is -0.386 e. The Hall–Kier alpha value is -3.02. The minimum atomic E-state index is -4.59. The van der Waals surface area contributed by atoms with Crippen molar-refractivity contribution in [1.82, 2.24) is 15.0 Å². The van der Waals surface area contributed by atoms with E-state index >= 15 is 0 Å². The number of nitrogens with zero attached hydrogens (tertiary/aromatic N) is 6. The zero-order chi connectivity index (χ0) is 22.3. The quantitative estimate of drug-likeness (QED) is 0.678. The first kappa shape index (κ1) is 19.6. The Kier molecular flexibility index (Phi) is 3.99. The number of anilines is 1. The summed E-state index contributed by atoms with van der Waals surface area (Å²) in [5.41, 5.74) is 4.78. The van der Waals surface area contributed by atoms with E-state index in [1.807, 2.05) is 0 Å². The predicted octanol–water partition coefficient (Wildman–Crippen LogP) is 1.43. The van der Waals surface area contributed by atoms with Gasteiger partial charge in [-0.15, -0.1) is 0 Å². The summed E-state index contributed by atoms with van der Waals surface area (Å²) in [6.07, 6.45) is 0.703. The fourth-order valence-corrected chi connectivity index (χ4v) is 4.96. The Labute approximate surface area is 180 Å². The lowest BCUT2D eigenvalue weighted by Crippen LogP contribution is -2.57. The average Bonchev–Trinajstić information content (AvgIpc) is 3.38. The third-order valence-corrected chi connectivity index (χ3v) is 6.83. The molecule has 3 fully saturated rings. The fourth-order valence-electron chi connectivity index (χ4n) is 4.96. The summed E-state index contributed by atoms with van der Waals surface area (Å²) >= 11 is 0. The number of nitrogens with one attached hydrogen (secondary N) is 1. The van der Waals surface area contributed by atoms with E-state index in [1.165, 1.54) is 0 Å². The Morgan fingerprint density at radius 1 is 1.31 bits per heavy atom. The topological polar surface area (TPSA) is 109 Å². The number of hydrogen-bond acceptors (Lipinski definition) is 7. The number of aromatic nitrogens is 4. The number of ether oxygens (including phenoxy) is 1. The van der Waals surface area contributed by atoms with Crippen molar-refractivity contribution in [2.24, 2.45) is 21.6 Å². The molecule has 4 aliphatic heterocycles. The van der Waals surface area contributed by atoms with Gasteiger partial charge in [0.1, 0.15) is 5.84 Å². The summed E-state index contributed by atoms with van der Waals surface area (Å²) in [7, 11) is 0. The summed E-state index contributed by atoms with van der Waals surface area (Å²) in [4.78, 5) is 23.0. The van der Waals surface area contributed by atoms with Crippen LogP contribution >= 0.6 is 0 Å². The van der Waals surface area contributed by atoms with E-state index in [4.69, 9.17) is 15.5 Å². The fraction of sp³-hybridized carbons (Fsp3) is 0.550. The second-order valence-electron chi connectivity index (χ2n) is 8.89. The maximum atomic E-state index is 14.0. The van der Waals surface area contributed by atoms with Gasteiger partial charge >= 0.3 is 11.8 Å². The number of allylic oxidation sites excluding steroid dienone is 1. The molecular weight excluding hydrogens is 425 g/mol. The SMILES string of the molecule is CC1(C(F)(F)F)OCC[n+]2c1[nH]c1c(N3CC4CC3C4)nc(C3=CN=C(N)CN=C3)nc12. The number of aliphatic imine (C=N–C) groups is 2. The van der Waals surface area contributed by atoms with Crippen LogP contribution in [-0.4, -0.2) is 58.9 Å². The molecule has 1 aliphatic carbocycles. The van der Waals surface area contributed by atoms with E-state index < -0.39 is 11.8 Å². The monoisotopic (exact) mass is 447 g/mol. The van der Waals surface area contributed by atoms with Crippen LogP contribution in [0.4, 0.5) is 19.0 Å². The number of halogens is 3. The molecule has 1 atom stereocenters. The maximum absolute atomic E-state index is 14.0. The van der Waals surface area contributed by atoms with Crippen molar-refractivity contribution < 1.29 is 22.5 Å². The Balaban J connectivity index is 1.59. The van der Waals surface area contributed by atoms with Gasteiger partial charge in [0.2, 0.25) is 22.8 Å².